The van der Waals surface area contributed by atoms with Crippen molar-refractivity contribution in [3.05, 3.63) is 60.3 Å². The van der Waals surface area contributed by atoms with Crippen LogP contribution in [0.5, 0.6) is 5.88 Å². The number of thioether (sulfide) groups is 1. The fourth-order valence-corrected chi connectivity index (χ4v) is 4.30. The maximum absolute atomic E-state index is 13.0. The molecule has 0 saturated carbocycles. The quantitative estimate of drug-likeness (QED) is 0.425. The first-order chi connectivity index (χ1) is 15.5. The molecule has 160 valence electrons. The van der Waals surface area contributed by atoms with Crippen molar-refractivity contribution in [2.24, 2.45) is 0 Å². The third-order valence-corrected chi connectivity index (χ3v) is 5.92. The van der Waals surface area contributed by atoms with Crippen LogP contribution in [-0.2, 0) is 4.79 Å². The second kappa shape index (κ2) is 7.76. The van der Waals surface area contributed by atoms with Gasteiger partial charge in [-0.1, -0.05) is 48.2 Å². The minimum atomic E-state index is -0.855. The Kier molecular flexibility index (Phi) is 4.90. The fraction of sp³-hybridized carbons (Fsp3) is 0.174. The Bertz CT molecular complexity index is 1380. The highest BCUT2D eigenvalue weighted by atomic mass is 32.2. The van der Waals surface area contributed by atoms with Crippen LogP contribution in [0, 0.1) is 0 Å². The number of fused-ring (bicyclic) bond motifs is 4. The van der Waals surface area contributed by atoms with Crippen molar-refractivity contribution in [3.63, 3.8) is 0 Å². The van der Waals surface area contributed by atoms with E-state index < -0.39 is 6.23 Å². The Labute approximate surface area is 188 Å². The normalized spacial score (nSPS) is 15.0. The van der Waals surface area contributed by atoms with Crippen LogP contribution in [0.4, 0.5) is 5.69 Å². The molecule has 0 aliphatic carbocycles. The molecule has 0 N–H and O–H groups in total. The largest absolute Gasteiger partial charge is 0.447 e. The molecule has 8 nitrogen and oxygen atoms in total. The number of carbonyl (C=O) groups is 2. The molecule has 0 fully saturated rings. The molecule has 1 aliphatic rings. The number of rotatable bonds is 2. The van der Waals surface area contributed by atoms with Crippen LogP contribution in [-0.4, -0.2) is 37.8 Å². The predicted octanol–water partition coefficient (Wildman–Crippen LogP) is 4.32. The number of amides is 1. The van der Waals surface area contributed by atoms with Crippen molar-refractivity contribution in [1.82, 2.24) is 19.7 Å². The van der Waals surface area contributed by atoms with E-state index in [2.05, 4.69) is 15.2 Å². The summed E-state index contributed by atoms with van der Waals surface area (Å²) in [7, 11) is 0. The van der Waals surface area contributed by atoms with Crippen molar-refractivity contribution in [2.45, 2.75) is 25.2 Å². The van der Waals surface area contributed by atoms with Gasteiger partial charge in [0.1, 0.15) is 0 Å². The first kappa shape index (κ1) is 20.2. The summed E-state index contributed by atoms with van der Waals surface area (Å²) in [6.45, 7) is 2.99. The molecule has 1 unspecified atom stereocenters. The summed E-state index contributed by atoms with van der Waals surface area (Å²) < 4.78 is 7.96. The molecule has 0 spiro atoms. The molecule has 2 aromatic heterocycles. The first-order valence-electron chi connectivity index (χ1n) is 9.95. The maximum Gasteiger partial charge on any atom is 0.247 e. The van der Waals surface area contributed by atoms with Crippen LogP contribution in [0.2, 0.25) is 0 Å². The molecular weight excluding hydrogens is 426 g/mol. The van der Waals surface area contributed by atoms with Crippen molar-refractivity contribution < 1.29 is 14.3 Å². The second-order valence-corrected chi connectivity index (χ2v) is 8.09. The number of aromatic nitrogens is 4. The maximum atomic E-state index is 13.0. The summed E-state index contributed by atoms with van der Waals surface area (Å²) in [6.07, 6.45) is 2.73. The van der Waals surface area contributed by atoms with Crippen LogP contribution in [0.25, 0.3) is 22.2 Å². The first-order valence-corrected chi connectivity index (χ1v) is 11.2. The molecule has 2 aromatic carbocycles. The SMILES string of the molecule is CSc1nnc2c(n1)OC(c1cn(C(C)=O)c3ccccc13)N(C(C)=O)c1ccccc1-2. The van der Waals surface area contributed by atoms with Gasteiger partial charge in [-0.3, -0.25) is 19.1 Å². The third-order valence-electron chi connectivity index (χ3n) is 5.38. The summed E-state index contributed by atoms with van der Waals surface area (Å²) in [4.78, 5) is 31.4. The molecular formula is C23H19N5O3S. The number of para-hydroxylation sites is 2. The molecule has 1 atom stereocenters. The highest BCUT2D eigenvalue weighted by Gasteiger charge is 2.36. The lowest BCUT2D eigenvalue weighted by molar-refractivity contribution is -0.118. The highest BCUT2D eigenvalue weighted by molar-refractivity contribution is 7.98. The Morgan fingerprint density at radius 3 is 2.50 bits per heavy atom. The molecule has 0 saturated heterocycles. The number of anilines is 1. The summed E-state index contributed by atoms with van der Waals surface area (Å²) in [5.74, 6) is -0.0666. The van der Waals surface area contributed by atoms with Gasteiger partial charge in [0.25, 0.3) is 0 Å². The number of benzene rings is 2. The van der Waals surface area contributed by atoms with E-state index in [1.807, 2.05) is 54.8 Å². The lowest BCUT2D eigenvalue weighted by Crippen LogP contribution is -2.36. The molecule has 3 heterocycles. The van der Waals surface area contributed by atoms with Crippen molar-refractivity contribution >= 4 is 40.2 Å². The number of hydrogen-bond donors (Lipinski definition) is 0. The van der Waals surface area contributed by atoms with E-state index in [9.17, 15) is 9.59 Å². The number of nitrogens with zero attached hydrogens (tertiary/aromatic N) is 5. The number of ether oxygens (including phenoxy) is 1. The summed E-state index contributed by atoms with van der Waals surface area (Å²) in [5.41, 5.74) is 3.21. The van der Waals surface area contributed by atoms with Crippen molar-refractivity contribution in [3.8, 4) is 17.1 Å². The van der Waals surface area contributed by atoms with E-state index in [0.29, 0.717) is 27.7 Å². The zero-order chi connectivity index (χ0) is 22.4. The topological polar surface area (TPSA) is 90.2 Å². The zero-order valence-electron chi connectivity index (χ0n) is 17.6. The average molecular weight is 446 g/mol. The van der Waals surface area contributed by atoms with E-state index in [1.165, 1.54) is 25.6 Å². The molecule has 0 radical (unpaired) electrons. The van der Waals surface area contributed by atoms with E-state index in [1.54, 1.807) is 15.7 Å². The van der Waals surface area contributed by atoms with Crippen LogP contribution in [0.15, 0.2) is 59.9 Å². The van der Waals surface area contributed by atoms with Gasteiger partial charge in [0.2, 0.25) is 29.1 Å². The summed E-state index contributed by atoms with van der Waals surface area (Å²) in [6, 6.07) is 15.0. The van der Waals surface area contributed by atoms with Crippen LogP contribution >= 0.6 is 11.8 Å². The Morgan fingerprint density at radius 1 is 1.00 bits per heavy atom. The zero-order valence-corrected chi connectivity index (χ0v) is 18.5. The van der Waals surface area contributed by atoms with E-state index in [4.69, 9.17) is 4.74 Å². The predicted molar refractivity (Wildman–Crippen MR) is 122 cm³/mol. The minimum absolute atomic E-state index is 0.134. The van der Waals surface area contributed by atoms with E-state index in [-0.39, 0.29) is 17.7 Å². The summed E-state index contributed by atoms with van der Waals surface area (Å²) in [5, 5.41) is 9.79. The number of carbonyl (C=O) groups excluding carboxylic acids is 2. The molecule has 4 aromatic rings. The molecule has 0 bridgehead atoms. The molecule has 9 heteroatoms. The lowest BCUT2D eigenvalue weighted by atomic mass is 10.1. The minimum Gasteiger partial charge on any atom is -0.447 e. The summed E-state index contributed by atoms with van der Waals surface area (Å²) >= 11 is 1.35. The van der Waals surface area contributed by atoms with Gasteiger partial charge in [-0.2, -0.15) is 4.98 Å². The van der Waals surface area contributed by atoms with Crippen molar-refractivity contribution in [2.75, 3.05) is 11.2 Å². The molecule has 5 rings (SSSR count). The van der Waals surface area contributed by atoms with Gasteiger partial charge >= 0.3 is 0 Å². The van der Waals surface area contributed by atoms with Gasteiger partial charge < -0.3 is 4.74 Å². The Morgan fingerprint density at radius 2 is 1.75 bits per heavy atom. The van der Waals surface area contributed by atoms with Crippen LogP contribution in [0.1, 0.15) is 30.4 Å². The smallest absolute Gasteiger partial charge is 0.247 e. The number of hydrogen-bond acceptors (Lipinski definition) is 7. The lowest BCUT2D eigenvalue weighted by Gasteiger charge is -2.29. The van der Waals surface area contributed by atoms with E-state index >= 15 is 0 Å². The van der Waals surface area contributed by atoms with Crippen molar-refractivity contribution in [1.29, 1.82) is 0 Å². The molecule has 1 aliphatic heterocycles. The fourth-order valence-electron chi connectivity index (χ4n) is 4.00. The van der Waals surface area contributed by atoms with E-state index in [0.717, 1.165) is 10.9 Å². The standard InChI is InChI=1S/C23H19N5O3S/c1-13(29)27-12-17(15-8-4-6-10-18(15)27)22-28(14(2)30)19-11-7-5-9-16(19)20-21(31-22)24-23(32-3)26-25-20/h4-12,22H,1-3H3. The van der Waals surface area contributed by atoms with Crippen LogP contribution in [0.3, 0.4) is 0 Å². The molecule has 32 heavy (non-hydrogen) atoms. The molecule has 1 amide bonds. The second-order valence-electron chi connectivity index (χ2n) is 7.32. The van der Waals surface area contributed by atoms with Gasteiger partial charge in [-0.15, -0.1) is 10.2 Å². The van der Waals surface area contributed by atoms with Gasteiger partial charge in [0.05, 0.1) is 11.2 Å². The van der Waals surface area contributed by atoms with Gasteiger partial charge in [-0.25, -0.2) is 0 Å². The van der Waals surface area contributed by atoms with Gasteiger partial charge in [0.15, 0.2) is 5.69 Å². The van der Waals surface area contributed by atoms with Gasteiger partial charge in [-0.05, 0) is 18.4 Å². The highest BCUT2D eigenvalue weighted by Crippen LogP contribution is 2.44. The van der Waals surface area contributed by atoms with Gasteiger partial charge in [0, 0.05) is 36.6 Å². The Hall–Kier alpha value is -3.72. The van der Waals surface area contributed by atoms with Crippen LogP contribution < -0.4 is 9.64 Å². The third kappa shape index (κ3) is 3.13. The average Bonchev–Trinajstić information content (AvgIpc) is 3.11. The monoisotopic (exact) mass is 445 g/mol. The Balaban J connectivity index is 1.82.